The third kappa shape index (κ3) is 4.15. The van der Waals surface area contributed by atoms with Gasteiger partial charge in [-0.05, 0) is 26.7 Å². The maximum absolute atomic E-state index is 12.5. The Morgan fingerprint density at radius 1 is 1.22 bits per heavy atom. The summed E-state index contributed by atoms with van der Waals surface area (Å²) >= 11 is 0. The highest BCUT2D eigenvalue weighted by Crippen LogP contribution is 2.30. The van der Waals surface area contributed by atoms with Crippen molar-refractivity contribution in [3.05, 3.63) is 0 Å². The standard InChI is InChI=1S/C12H23F3N2O/c1-5-11(6-2,7-16)10(18)17(9(3)4)8-12(13,14)15/h9H,5-8,16H2,1-4H3. The molecule has 0 aromatic heterocycles. The molecule has 0 saturated carbocycles. The number of carbonyl (C=O) groups excluding carboxylic acids is 1. The monoisotopic (exact) mass is 268 g/mol. The Morgan fingerprint density at radius 2 is 1.67 bits per heavy atom. The van der Waals surface area contributed by atoms with Gasteiger partial charge >= 0.3 is 6.18 Å². The molecule has 0 rings (SSSR count). The lowest BCUT2D eigenvalue weighted by Gasteiger charge is -2.37. The summed E-state index contributed by atoms with van der Waals surface area (Å²) in [5.74, 6) is -0.498. The zero-order valence-electron chi connectivity index (χ0n) is 11.5. The summed E-state index contributed by atoms with van der Waals surface area (Å²) in [6, 6.07) is -0.497. The summed E-state index contributed by atoms with van der Waals surface area (Å²) in [5, 5.41) is 0. The van der Waals surface area contributed by atoms with Crippen molar-refractivity contribution in [1.29, 1.82) is 0 Å². The lowest BCUT2D eigenvalue weighted by atomic mass is 9.80. The number of amides is 1. The van der Waals surface area contributed by atoms with Crippen molar-refractivity contribution in [3.8, 4) is 0 Å². The number of rotatable bonds is 6. The molecule has 0 radical (unpaired) electrons. The number of hydrogen-bond donors (Lipinski definition) is 1. The lowest BCUT2D eigenvalue weighted by Crippen LogP contribution is -2.52. The van der Waals surface area contributed by atoms with Crippen LogP contribution < -0.4 is 5.73 Å². The van der Waals surface area contributed by atoms with Crippen molar-refractivity contribution in [2.24, 2.45) is 11.1 Å². The second kappa shape index (κ2) is 6.41. The molecule has 0 aromatic rings. The molecule has 0 heterocycles. The number of alkyl halides is 3. The van der Waals surface area contributed by atoms with Gasteiger partial charge in [0.15, 0.2) is 0 Å². The van der Waals surface area contributed by atoms with Crippen molar-refractivity contribution >= 4 is 5.91 Å². The van der Waals surface area contributed by atoms with Crippen LogP contribution in [0.1, 0.15) is 40.5 Å². The maximum Gasteiger partial charge on any atom is 0.406 e. The molecule has 0 aliphatic rings. The molecule has 0 aliphatic heterocycles. The minimum Gasteiger partial charge on any atom is -0.331 e. The summed E-state index contributed by atoms with van der Waals surface area (Å²) in [6.07, 6.45) is -3.50. The molecule has 1 amide bonds. The van der Waals surface area contributed by atoms with Crippen LogP contribution in [0.5, 0.6) is 0 Å². The predicted octanol–water partition coefficient (Wildman–Crippen LogP) is 2.55. The third-order valence-corrected chi connectivity index (χ3v) is 3.43. The molecule has 0 saturated heterocycles. The number of nitrogens with zero attached hydrogens (tertiary/aromatic N) is 1. The fourth-order valence-corrected chi connectivity index (χ4v) is 1.92. The SMILES string of the molecule is CCC(CC)(CN)C(=O)N(CC(F)(F)F)C(C)C. The molecule has 0 aliphatic carbocycles. The van der Waals surface area contributed by atoms with E-state index in [-0.39, 0.29) is 6.54 Å². The number of halogens is 3. The minimum atomic E-state index is -4.39. The Morgan fingerprint density at radius 3 is 1.89 bits per heavy atom. The molecule has 0 bridgehead atoms. The lowest BCUT2D eigenvalue weighted by molar-refractivity contribution is -0.171. The Labute approximate surface area is 107 Å². The first kappa shape index (κ1) is 17.2. The Bertz CT molecular complexity index is 265. The van der Waals surface area contributed by atoms with Gasteiger partial charge in [-0.1, -0.05) is 13.8 Å². The molecule has 0 fully saturated rings. The van der Waals surface area contributed by atoms with E-state index in [9.17, 15) is 18.0 Å². The van der Waals surface area contributed by atoms with Crippen molar-refractivity contribution in [1.82, 2.24) is 4.90 Å². The van der Waals surface area contributed by atoms with Crippen LogP contribution in [-0.4, -0.2) is 36.1 Å². The average molecular weight is 268 g/mol. The molecule has 2 N–H and O–H groups in total. The smallest absolute Gasteiger partial charge is 0.331 e. The zero-order chi connectivity index (χ0) is 14.6. The molecule has 108 valence electrons. The van der Waals surface area contributed by atoms with Gasteiger partial charge in [-0.2, -0.15) is 13.2 Å². The summed E-state index contributed by atoms with van der Waals surface area (Å²) in [5.41, 5.74) is 4.72. The van der Waals surface area contributed by atoms with Gasteiger partial charge in [0.2, 0.25) is 5.91 Å². The number of hydrogen-bond acceptors (Lipinski definition) is 2. The van der Waals surface area contributed by atoms with E-state index in [0.717, 1.165) is 4.90 Å². The summed E-state index contributed by atoms with van der Waals surface area (Å²) in [6.45, 7) is 5.57. The van der Waals surface area contributed by atoms with E-state index in [2.05, 4.69) is 0 Å². The van der Waals surface area contributed by atoms with Gasteiger partial charge in [0.25, 0.3) is 0 Å². The fourth-order valence-electron chi connectivity index (χ4n) is 1.92. The van der Waals surface area contributed by atoms with E-state index < -0.39 is 30.1 Å². The highest BCUT2D eigenvalue weighted by molar-refractivity contribution is 5.83. The molecular formula is C12H23F3N2O. The van der Waals surface area contributed by atoms with E-state index in [1.54, 1.807) is 27.7 Å². The molecule has 0 aromatic carbocycles. The van der Waals surface area contributed by atoms with Crippen LogP contribution in [0.2, 0.25) is 0 Å². The summed E-state index contributed by atoms with van der Waals surface area (Å²) in [4.78, 5) is 13.2. The topological polar surface area (TPSA) is 46.3 Å². The van der Waals surface area contributed by atoms with Crippen LogP contribution in [0, 0.1) is 5.41 Å². The van der Waals surface area contributed by atoms with Crippen LogP contribution in [0.3, 0.4) is 0 Å². The Kier molecular flexibility index (Phi) is 6.13. The van der Waals surface area contributed by atoms with Gasteiger partial charge in [-0.3, -0.25) is 4.79 Å². The van der Waals surface area contributed by atoms with Gasteiger partial charge in [0, 0.05) is 12.6 Å². The molecule has 3 nitrogen and oxygen atoms in total. The van der Waals surface area contributed by atoms with Crippen molar-refractivity contribution in [2.75, 3.05) is 13.1 Å². The van der Waals surface area contributed by atoms with Crippen LogP contribution in [0.15, 0.2) is 0 Å². The molecule has 18 heavy (non-hydrogen) atoms. The van der Waals surface area contributed by atoms with Crippen LogP contribution in [0.4, 0.5) is 13.2 Å². The second-order valence-corrected chi connectivity index (χ2v) is 4.83. The minimum absolute atomic E-state index is 0.0694. The Hall–Kier alpha value is -0.780. The predicted molar refractivity (Wildman–Crippen MR) is 65.0 cm³/mol. The highest BCUT2D eigenvalue weighted by Gasteiger charge is 2.42. The first-order valence-corrected chi connectivity index (χ1v) is 6.21. The molecule has 6 heteroatoms. The molecule has 0 atom stereocenters. The average Bonchev–Trinajstić information content (AvgIpc) is 2.27. The second-order valence-electron chi connectivity index (χ2n) is 4.83. The van der Waals surface area contributed by atoms with Crippen molar-refractivity contribution in [3.63, 3.8) is 0 Å². The molecule has 0 spiro atoms. The van der Waals surface area contributed by atoms with E-state index in [0.29, 0.717) is 12.8 Å². The zero-order valence-corrected chi connectivity index (χ0v) is 11.5. The van der Waals surface area contributed by atoms with E-state index in [1.807, 2.05) is 0 Å². The third-order valence-electron chi connectivity index (χ3n) is 3.43. The van der Waals surface area contributed by atoms with Gasteiger partial charge in [-0.15, -0.1) is 0 Å². The fraction of sp³-hybridized carbons (Fsp3) is 0.917. The van der Waals surface area contributed by atoms with E-state index in [4.69, 9.17) is 5.73 Å². The van der Waals surface area contributed by atoms with Crippen LogP contribution in [0.25, 0.3) is 0 Å². The van der Waals surface area contributed by atoms with E-state index >= 15 is 0 Å². The van der Waals surface area contributed by atoms with Gasteiger partial charge in [-0.25, -0.2) is 0 Å². The van der Waals surface area contributed by atoms with Crippen molar-refractivity contribution < 1.29 is 18.0 Å². The normalized spacial score (nSPS) is 12.9. The highest BCUT2D eigenvalue weighted by atomic mass is 19.4. The van der Waals surface area contributed by atoms with Crippen LogP contribution in [-0.2, 0) is 4.79 Å². The number of nitrogens with two attached hydrogens (primary N) is 1. The summed E-state index contributed by atoms with van der Waals surface area (Å²) in [7, 11) is 0. The Balaban J connectivity index is 5.19. The quantitative estimate of drug-likeness (QED) is 0.804. The molecular weight excluding hydrogens is 245 g/mol. The van der Waals surface area contributed by atoms with Gasteiger partial charge < -0.3 is 10.6 Å². The van der Waals surface area contributed by atoms with Crippen LogP contribution >= 0.6 is 0 Å². The summed E-state index contributed by atoms with van der Waals surface area (Å²) < 4.78 is 37.5. The van der Waals surface area contributed by atoms with E-state index in [1.165, 1.54) is 0 Å². The first-order chi connectivity index (χ1) is 8.13. The maximum atomic E-state index is 12.5. The molecule has 0 unspecified atom stereocenters. The van der Waals surface area contributed by atoms with Gasteiger partial charge in [0.1, 0.15) is 6.54 Å². The largest absolute Gasteiger partial charge is 0.406 e. The first-order valence-electron chi connectivity index (χ1n) is 6.21. The number of carbonyl (C=O) groups is 1. The van der Waals surface area contributed by atoms with Crippen molar-refractivity contribution in [2.45, 2.75) is 52.8 Å². The van der Waals surface area contributed by atoms with Gasteiger partial charge in [0.05, 0.1) is 5.41 Å².